The van der Waals surface area contributed by atoms with Gasteiger partial charge < -0.3 is 20.3 Å². The lowest BCUT2D eigenvalue weighted by atomic mass is 9.88. The van der Waals surface area contributed by atoms with Gasteiger partial charge in [-0.1, -0.05) is 48.5 Å². The molecule has 2 N–H and O–H groups in total. The van der Waals surface area contributed by atoms with Crippen molar-refractivity contribution >= 4 is 17.5 Å². The van der Waals surface area contributed by atoms with E-state index >= 15 is 4.39 Å². The summed E-state index contributed by atoms with van der Waals surface area (Å²) < 4.78 is 48.4. The molecular weight excluding hydrogens is 591 g/mol. The number of carbonyl (C=O) groups excluding carboxylic acids is 2. The van der Waals surface area contributed by atoms with Gasteiger partial charge in [0.05, 0.1) is 5.54 Å². The summed E-state index contributed by atoms with van der Waals surface area (Å²) in [6, 6.07) is 25.3. The molecule has 2 fully saturated rings. The molecule has 1 saturated heterocycles. The number of rotatable bonds is 11. The molecule has 4 aromatic rings. The van der Waals surface area contributed by atoms with Gasteiger partial charge in [-0.2, -0.15) is 0 Å². The summed E-state index contributed by atoms with van der Waals surface area (Å²) in [5.41, 5.74) is 1.86. The second-order valence-corrected chi connectivity index (χ2v) is 12.1. The summed E-state index contributed by atoms with van der Waals surface area (Å²) in [6.07, 6.45) is 2.57. The fourth-order valence-corrected chi connectivity index (χ4v) is 6.47. The summed E-state index contributed by atoms with van der Waals surface area (Å²) in [7, 11) is 0. The van der Waals surface area contributed by atoms with Crippen LogP contribution in [0.25, 0.3) is 0 Å². The van der Waals surface area contributed by atoms with Gasteiger partial charge in [-0.3, -0.25) is 9.59 Å². The minimum atomic E-state index is -0.473. The van der Waals surface area contributed by atoms with E-state index in [2.05, 4.69) is 10.6 Å². The van der Waals surface area contributed by atoms with Crippen LogP contribution in [0.1, 0.15) is 48.3 Å². The van der Waals surface area contributed by atoms with Crippen molar-refractivity contribution < 1.29 is 27.5 Å². The van der Waals surface area contributed by atoms with Crippen LogP contribution < -0.4 is 15.4 Å². The maximum absolute atomic E-state index is 15.3. The van der Waals surface area contributed by atoms with E-state index < -0.39 is 23.4 Å². The number of nitrogens with zero attached hydrogens (tertiary/aromatic N) is 1. The van der Waals surface area contributed by atoms with Gasteiger partial charge in [-0.25, -0.2) is 13.2 Å². The van der Waals surface area contributed by atoms with Crippen LogP contribution in [0.3, 0.4) is 0 Å². The fraction of sp³-hybridized carbons (Fsp3) is 0.297. The van der Waals surface area contributed by atoms with Crippen molar-refractivity contribution in [1.29, 1.82) is 0 Å². The lowest BCUT2D eigenvalue weighted by molar-refractivity contribution is -0.141. The van der Waals surface area contributed by atoms with Crippen LogP contribution in [0.2, 0.25) is 0 Å². The van der Waals surface area contributed by atoms with E-state index in [1.54, 1.807) is 36.4 Å². The van der Waals surface area contributed by atoms with Gasteiger partial charge in [0.1, 0.15) is 23.2 Å². The molecule has 2 amide bonds. The number of ether oxygens (including phenoxy) is 1. The maximum atomic E-state index is 15.3. The van der Waals surface area contributed by atoms with Gasteiger partial charge in [-0.05, 0) is 85.3 Å². The van der Waals surface area contributed by atoms with E-state index in [0.717, 1.165) is 12.8 Å². The number of para-hydroxylation sites is 1. The molecule has 46 heavy (non-hydrogen) atoms. The van der Waals surface area contributed by atoms with Gasteiger partial charge >= 0.3 is 0 Å². The molecule has 0 radical (unpaired) electrons. The number of anilines is 1. The molecule has 0 bridgehead atoms. The number of carbonyl (C=O) groups is 2. The Bertz CT molecular complexity index is 1620. The zero-order valence-corrected chi connectivity index (χ0v) is 25.4. The number of nitrogens with one attached hydrogen (secondary N) is 2. The van der Waals surface area contributed by atoms with Gasteiger partial charge in [0.15, 0.2) is 6.61 Å². The Kier molecular flexibility index (Phi) is 9.40. The van der Waals surface area contributed by atoms with Crippen LogP contribution in [-0.4, -0.2) is 48.0 Å². The van der Waals surface area contributed by atoms with Crippen molar-refractivity contribution in [3.05, 3.63) is 131 Å². The van der Waals surface area contributed by atoms with E-state index in [1.807, 2.05) is 35.2 Å². The maximum Gasteiger partial charge on any atom is 0.261 e. The Labute approximate surface area is 266 Å². The van der Waals surface area contributed by atoms with E-state index in [0.29, 0.717) is 54.1 Å². The van der Waals surface area contributed by atoms with Crippen molar-refractivity contribution in [2.75, 3.05) is 25.0 Å². The molecule has 1 atom stereocenters. The van der Waals surface area contributed by atoms with E-state index in [-0.39, 0.29) is 36.4 Å². The molecule has 2 aliphatic rings. The number of benzene rings is 4. The SMILES string of the molecule is O=C(CC(c1ccc(F)cc1)c1ccc(F)cc1)Nc1cccc(F)c1CC[C@H]1CNCC2(CC2)N1C(=O)COc1ccccc1. The predicted molar refractivity (Wildman–Crippen MR) is 170 cm³/mol. The topological polar surface area (TPSA) is 70.7 Å². The summed E-state index contributed by atoms with van der Waals surface area (Å²) in [4.78, 5) is 28.9. The van der Waals surface area contributed by atoms with Gasteiger partial charge in [0, 0.05) is 42.7 Å². The first-order valence-corrected chi connectivity index (χ1v) is 15.6. The highest BCUT2D eigenvalue weighted by Crippen LogP contribution is 2.45. The van der Waals surface area contributed by atoms with E-state index in [4.69, 9.17) is 4.74 Å². The largest absolute Gasteiger partial charge is 0.484 e. The summed E-state index contributed by atoms with van der Waals surface area (Å²) in [5.74, 6) is -1.56. The Morgan fingerprint density at radius 2 is 1.52 bits per heavy atom. The highest BCUT2D eigenvalue weighted by molar-refractivity contribution is 5.92. The molecule has 1 saturated carbocycles. The summed E-state index contributed by atoms with van der Waals surface area (Å²) >= 11 is 0. The number of piperazine rings is 1. The average Bonchev–Trinajstić information content (AvgIpc) is 3.82. The van der Waals surface area contributed by atoms with E-state index in [1.165, 1.54) is 30.3 Å². The molecule has 1 aliphatic carbocycles. The second kappa shape index (κ2) is 13.8. The zero-order valence-electron chi connectivity index (χ0n) is 25.4. The third-order valence-corrected chi connectivity index (χ3v) is 8.97. The van der Waals surface area contributed by atoms with Crippen molar-refractivity contribution in [2.45, 2.75) is 49.6 Å². The summed E-state index contributed by atoms with van der Waals surface area (Å²) in [6.45, 7) is 1.21. The molecule has 4 aromatic carbocycles. The predicted octanol–water partition coefficient (Wildman–Crippen LogP) is 6.61. The highest BCUT2D eigenvalue weighted by Gasteiger charge is 2.54. The molecular formula is C37H36F3N3O3. The van der Waals surface area contributed by atoms with Gasteiger partial charge in [-0.15, -0.1) is 0 Å². The number of hydrogen-bond donors (Lipinski definition) is 2. The molecule has 1 spiro atoms. The quantitative estimate of drug-likeness (QED) is 0.196. The average molecular weight is 628 g/mol. The van der Waals surface area contributed by atoms with Crippen LogP contribution >= 0.6 is 0 Å². The number of amides is 2. The van der Waals surface area contributed by atoms with Crippen molar-refractivity contribution in [1.82, 2.24) is 10.2 Å². The Morgan fingerprint density at radius 3 is 2.15 bits per heavy atom. The molecule has 6 rings (SSSR count). The van der Waals surface area contributed by atoms with E-state index in [9.17, 15) is 18.4 Å². The van der Waals surface area contributed by atoms with Crippen LogP contribution in [0.4, 0.5) is 18.9 Å². The molecule has 238 valence electrons. The molecule has 9 heteroatoms. The van der Waals surface area contributed by atoms with Crippen molar-refractivity contribution in [3.63, 3.8) is 0 Å². The highest BCUT2D eigenvalue weighted by atomic mass is 19.1. The van der Waals surface area contributed by atoms with Crippen LogP contribution in [0.5, 0.6) is 5.75 Å². The minimum Gasteiger partial charge on any atom is -0.484 e. The van der Waals surface area contributed by atoms with Gasteiger partial charge in [0.25, 0.3) is 5.91 Å². The normalized spacial score (nSPS) is 16.8. The molecule has 1 heterocycles. The number of halogens is 3. The Balaban J connectivity index is 1.16. The molecule has 1 aliphatic heterocycles. The third-order valence-electron chi connectivity index (χ3n) is 8.97. The Morgan fingerprint density at radius 1 is 0.870 bits per heavy atom. The molecule has 0 unspecified atom stereocenters. The monoisotopic (exact) mass is 627 g/mol. The molecule has 0 aromatic heterocycles. The fourth-order valence-electron chi connectivity index (χ4n) is 6.47. The minimum absolute atomic E-state index is 0.0218. The lowest BCUT2D eigenvalue weighted by Crippen LogP contribution is -2.62. The first kappa shape index (κ1) is 31.4. The number of hydrogen-bond acceptors (Lipinski definition) is 4. The first-order chi connectivity index (χ1) is 22.3. The first-order valence-electron chi connectivity index (χ1n) is 15.6. The van der Waals surface area contributed by atoms with Crippen LogP contribution in [0, 0.1) is 17.5 Å². The second-order valence-electron chi connectivity index (χ2n) is 12.1. The zero-order chi connectivity index (χ0) is 32.1. The van der Waals surface area contributed by atoms with Crippen molar-refractivity contribution in [2.24, 2.45) is 0 Å². The van der Waals surface area contributed by atoms with Crippen LogP contribution in [-0.2, 0) is 16.0 Å². The van der Waals surface area contributed by atoms with Gasteiger partial charge in [0.2, 0.25) is 5.91 Å². The lowest BCUT2D eigenvalue weighted by Gasteiger charge is -2.43. The van der Waals surface area contributed by atoms with Crippen LogP contribution in [0.15, 0.2) is 97.1 Å². The standard InChI is InChI=1S/C37H36F3N3O3/c38-27-13-9-25(10-14-27)32(26-11-15-28(39)16-12-26)21-35(44)42-34-8-4-7-33(40)31(34)18-17-29-22-41-24-37(19-20-37)43(29)36(45)23-46-30-5-2-1-3-6-30/h1-16,29,32,41H,17-24H2,(H,42,44)/t29-/m0/s1. The smallest absolute Gasteiger partial charge is 0.261 e. The summed E-state index contributed by atoms with van der Waals surface area (Å²) in [5, 5.41) is 6.35. The van der Waals surface area contributed by atoms with Crippen molar-refractivity contribution in [3.8, 4) is 5.75 Å². The molecule has 6 nitrogen and oxygen atoms in total. The third kappa shape index (κ3) is 7.26. The Hall–Kier alpha value is -4.63.